The third-order valence-electron chi connectivity index (χ3n) is 4.17. The van der Waals surface area contributed by atoms with Gasteiger partial charge in [0.25, 0.3) is 0 Å². The second-order valence-corrected chi connectivity index (χ2v) is 6.18. The van der Waals surface area contributed by atoms with Crippen molar-refractivity contribution in [2.45, 2.75) is 71.2 Å². The number of ether oxygens (including phenoxy) is 1. The van der Waals surface area contributed by atoms with Crippen molar-refractivity contribution in [1.29, 1.82) is 0 Å². The fourth-order valence-electron chi connectivity index (χ4n) is 3.13. The average Bonchev–Trinajstić information content (AvgIpc) is 2.70. The molecule has 2 saturated heterocycles. The van der Waals surface area contributed by atoms with Gasteiger partial charge in [-0.05, 0) is 31.6 Å². The molecule has 3 unspecified atom stereocenters. The molecule has 0 aromatic rings. The molecule has 2 aliphatic rings. The molecule has 0 spiro atoms. The molecule has 3 atom stereocenters. The molecule has 0 aromatic carbocycles. The molecule has 0 aromatic heterocycles. The van der Waals surface area contributed by atoms with E-state index in [1.165, 1.54) is 6.42 Å². The van der Waals surface area contributed by atoms with Crippen molar-refractivity contribution in [3.05, 3.63) is 0 Å². The van der Waals surface area contributed by atoms with Crippen molar-refractivity contribution in [1.82, 2.24) is 10.2 Å². The van der Waals surface area contributed by atoms with Crippen LogP contribution < -0.4 is 5.32 Å². The number of nitrogens with one attached hydrogen (secondary N) is 1. The van der Waals surface area contributed by atoms with Gasteiger partial charge in [0.15, 0.2) is 0 Å². The summed E-state index contributed by atoms with van der Waals surface area (Å²) in [4.78, 5) is 14.5. The van der Waals surface area contributed by atoms with Gasteiger partial charge in [0.05, 0.1) is 18.3 Å². The van der Waals surface area contributed by atoms with E-state index < -0.39 is 0 Å². The minimum atomic E-state index is 0.0148. The summed E-state index contributed by atoms with van der Waals surface area (Å²) in [5, 5.41) is 3.50. The van der Waals surface area contributed by atoms with E-state index in [0.29, 0.717) is 5.92 Å². The molecule has 4 nitrogen and oxygen atoms in total. The van der Waals surface area contributed by atoms with Gasteiger partial charge in [-0.1, -0.05) is 27.2 Å². The number of hydrogen-bond donors (Lipinski definition) is 1. The minimum absolute atomic E-state index is 0.0148. The second kappa shape index (κ2) is 6.71. The largest absolute Gasteiger partial charge is 0.376 e. The van der Waals surface area contributed by atoms with E-state index >= 15 is 0 Å². The Balaban J connectivity index is 1.99. The summed E-state index contributed by atoms with van der Waals surface area (Å²) < 4.78 is 5.79. The van der Waals surface area contributed by atoms with Crippen LogP contribution in [0.25, 0.3) is 0 Å². The maximum atomic E-state index is 12.5. The Bertz CT molecular complexity index is 301. The zero-order chi connectivity index (χ0) is 13.8. The molecule has 2 rings (SSSR count). The van der Waals surface area contributed by atoms with Gasteiger partial charge in [-0.2, -0.15) is 0 Å². The van der Waals surface area contributed by atoms with Gasteiger partial charge in [0.2, 0.25) is 5.91 Å². The van der Waals surface area contributed by atoms with E-state index in [1.807, 2.05) is 4.90 Å². The van der Waals surface area contributed by atoms with Crippen molar-refractivity contribution in [3.8, 4) is 0 Å². The minimum Gasteiger partial charge on any atom is -0.376 e. The molecule has 0 aliphatic carbocycles. The summed E-state index contributed by atoms with van der Waals surface area (Å²) in [6.45, 7) is 8.09. The predicted molar refractivity (Wildman–Crippen MR) is 75.8 cm³/mol. The molecule has 0 radical (unpaired) electrons. The Hall–Kier alpha value is -0.610. The van der Waals surface area contributed by atoms with Gasteiger partial charge >= 0.3 is 0 Å². The zero-order valence-electron chi connectivity index (χ0n) is 12.5. The molecule has 4 heteroatoms. The van der Waals surface area contributed by atoms with E-state index in [-0.39, 0.29) is 24.2 Å². The fraction of sp³-hybridized carbons (Fsp3) is 0.933. The van der Waals surface area contributed by atoms with Crippen LogP contribution in [-0.4, -0.2) is 42.3 Å². The van der Waals surface area contributed by atoms with E-state index in [4.69, 9.17) is 4.74 Å². The summed E-state index contributed by atoms with van der Waals surface area (Å²) >= 11 is 0. The summed E-state index contributed by atoms with van der Waals surface area (Å²) in [6, 6.07) is 0.0148. The topological polar surface area (TPSA) is 41.6 Å². The van der Waals surface area contributed by atoms with Gasteiger partial charge in [-0.15, -0.1) is 0 Å². The predicted octanol–water partition coefficient (Wildman–Crippen LogP) is 2.14. The monoisotopic (exact) mass is 268 g/mol. The molecule has 0 saturated carbocycles. The maximum absolute atomic E-state index is 12.5. The average molecular weight is 268 g/mol. The van der Waals surface area contributed by atoms with Gasteiger partial charge in [-0.3, -0.25) is 10.1 Å². The first kappa shape index (κ1) is 14.8. The molecule has 1 N–H and O–H groups in total. The van der Waals surface area contributed by atoms with Crippen LogP contribution in [0.5, 0.6) is 0 Å². The highest BCUT2D eigenvalue weighted by atomic mass is 16.5. The van der Waals surface area contributed by atoms with Crippen LogP contribution in [0.3, 0.4) is 0 Å². The normalized spacial score (nSPS) is 32.3. The number of carbonyl (C=O) groups excluding carboxylic acids is 1. The smallest absolute Gasteiger partial charge is 0.241 e. The summed E-state index contributed by atoms with van der Waals surface area (Å²) in [5.41, 5.74) is 0. The van der Waals surface area contributed by atoms with Gasteiger partial charge in [0, 0.05) is 13.2 Å². The van der Waals surface area contributed by atoms with E-state index in [1.54, 1.807) is 0 Å². The van der Waals surface area contributed by atoms with Crippen LogP contribution in [0.4, 0.5) is 0 Å². The first-order valence-corrected chi connectivity index (χ1v) is 7.81. The van der Waals surface area contributed by atoms with Gasteiger partial charge in [-0.25, -0.2) is 0 Å². The molecule has 2 aliphatic heterocycles. The third-order valence-corrected chi connectivity index (χ3v) is 4.17. The number of nitrogens with zero attached hydrogens (tertiary/aromatic N) is 1. The number of carbonyl (C=O) groups is 1. The van der Waals surface area contributed by atoms with Crippen LogP contribution in [0.15, 0.2) is 0 Å². The third kappa shape index (κ3) is 3.48. The summed E-state index contributed by atoms with van der Waals surface area (Å²) in [6.07, 6.45) is 5.87. The van der Waals surface area contributed by atoms with Gasteiger partial charge in [0.1, 0.15) is 0 Å². The quantitative estimate of drug-likeness (QED) is 0.830. The van der Waals surface area contributed by atoms with Gasteiger partial charge < -0.3 is 9.64 Å². The first-order valence-electron chi connectivity index (χ1n) is 7.81. The van der Waals surface area contributed by atoms with Crippen molar-refractivity contribution in [2.24, 2.45) is 5.92 Å². The fourth-order valence-corrected chi connectivity index (χ4v) is 3.13. The zero-order valence-corrected chi connectivity index (χ0v) is 12.5. The van der Waals surface area contributed by atoms with Crippen molar-refractivity contribution in [2.75, 3.05) is 13.2 Å². The molecule has 0 bridgehead atoms. The molecule has 2 heterocycles. The Morgan fingerprint density at radius 2 is 2.21 bits per heavy atom. The van der Waals surface area contributed by atoms with E-state index in [0.717, 1.165) is 38.8 Å². The lowest BCUT2D eigenvalue weighted by Crippen LogP contribution is -2.46. The lowest BCUT2D eigenvalue weighted by Gasteiger charge is -2.32. The highest BCUT2D eigenvalue weighted by Crippen LogP contribution is 2.23. The Labute approximate surface area is 116 Å². The Kier molecular flexibility index (Phi) is 5.22. The SMILES string of the molecule is CCCC1NC(C(C)C)N(CC2CCCCO2)C1=O. The molecular formula is C15H28N2O2. The Morgan fingerprint density at radius 1 is 1.42 bits per heavy atom. The number of hydrogen-bond acceptors (Lipinski definition) is 3. The molecule has 1 amide bonds. The number of amides is 1. The highest BCUT2D eigenvalue weighted by Gasteiger charge is 2.40. The maximum Gasteiger partial charge on any atom is 0.241 e. The lowest BCUT2D eigenvalue weighted by atomic mass is 10.1. The number of rotatable bonds is 5. The Morgan fingerprint density at radius 3 is 2.79 bits per heavy atom. The standard InChI is InChI=1S/C15H28N2O2/c1-4-7-13-15(18)17(14(16-13)11(2)3)10-12-8-5-6-9-19-12/h11-14,16H,4-10H2,1-3H3. The highest BCUT2D eigenvalue weighted by molar-refractivity contribution is 5.84. The van der Waals surface area contributed by atoms with E-state index in [2.05, 4.69) is 26.1 Å². The lowest BCUT2D eigenvalue weighted by molar-refractivity contribution is -0.133. The molecule has 2 fully saturated rings. The van der Waals surface area contributed by atoms with Crippen molar-refractivity contribution < 1.29 is 9.53 Å². The van der Waals surface area contributed by atoms with Crippen LogP contribution in [0, 0.1) is 5.92 Å². The van der Waals surface area contributed by atoms with Crippen LogP contribution in [0.2, 0.25) is 0 Å². The first-order chi connectivity index (χ1) is 9.13. The molecule has 110 valence electrons. The van der Waals surface area contributed by atoms with Crippen LogP contribution in [-0.2, 0) is 9.53 Å². The van der Waals surface area contributed by atoms with Crippen molar-refractivity contribution >= 4 is 5.91 Å². The van der Waals surface area contributed by atoms with E-state index in [9.17, 15) is 4.79 Å². The van der Waals surface area contributed by atoms with Crippen LogP contribution >= 0.6 is 0 Å². The summed E-state index contributed by atoms with van der Waals surface area (Å²) in [5.74, 6) is 0.712. The second-order valence-electron chi connectivity index (χ2n) is 6.18. The van der Waals surface area contributed by atoms with Crippen LogP contribution in [0.1, 0.15) is 52.9 Å². The molecule has 19 heavy (non-hydrogen) atoms. The van der Waals surface area contributed by atoms with Crippen molar-refractivity contribution in [3.63, 3.8) is 0 Å². The summed E-state index contributed by atoms with van der Waals surface area (Å²) in [7, 11) is 0. The molecular weight excluding hydrogens is 240 g/mol.